The first-order valence-electron chi connectivity index (χ1n) is 8.96. The van der Waals surface area contributed by atoms with Crippen LogP contribution in [0.4, 0.5) is 0 Å². The van der Waals surface area contributed by atoms with Crippen molar-refractivity contribution >= 4 is 57.5 Å². The van der Waals surface area contributed by atoms with Crippen LogP contribution in [-0.2, 0) is 4.79 Å². The van der Waals surface area contributed by atoms with Crippen molar-refractivity contribution in [2.24, 2.45) is 0 Å². The van der Waals surface area contributed by atoms with Crippen molar-refractivity contribution in [2.75, 3.05) is 13.7 Å². The lowest BCUT2D eigenvalue weighted by atomic mass is 10.2. The zero-order chi connectivity index (χ0) is 20.8. The fourth-order valence-electron chi connectivity index (χ4n) is 2.50. The second-order valence-corrected chi connectivity index (χ2v) is 8.67. The third-order valence-corrected chi connectivity index (χ3v) is 6.16. The Labute approximate surface area is 182 Å². The highest BCUT2D eigenvalue weighted by Crippen LogP contribution is 2.34. The van der Waals surface area contributed by atoms with Gasteiger partial charge < -0.3 is 9.47 Å². The number of thioether (sulfide) groups is 1. The minimum atomic E-state index is -0.368. The molecule has 0 aliphatic carbocycles. The van der Waals surface area contributed by atoms with Crippen LogP contribution in [0, 0.1) is 0 Å². The Morgan fingerprint density at radius 3 is 2.83 bits per heavy atom. The molecular weight excluding hydrogens is 428 g/mol. The van der Waals surface area contributed by atoms with E-state index in [-0.39, 0.29) is 16.1 Å². The summed E-state index contributed by atoms with van der Waals surface area (Å²) >= 11 is 7.69. The Hall–Kier alpha value is -2.36. The molecule has 0 unspecified atom stereocenters. The molecule has 1 saturated heterocycles. The number of hydrazine groups is 1. The number of rotatable bonds is 8. The van der Waals surface area contributed by atoms with E-state index in [2.05, 4.69) is 12.3 Å². The zero-order valence-corrected chi connectivity index (χ0v) is 18.4. The molecule has 1 aromatic carbocycles. The Morgan fingerprint density at radius 1 is 1.31 bits per heavy atom. The number of thiocarbonyl (C=S) groups is 1. The van der Waals surface area contributed by atoms with Gasteiger partial charge in [0, 0.05) is 0 Å². The van der Waals surface area contributed by atoms with E-state index >= 15 is 0 Å². The number of carbonyl (C=O) groups excluding carboxylic acids is 2. The van der Waals surface area contributed by atoms with Crippen molar-refractivity contribution in [3.8, 4) is 11.5 Å². The summed E-state index contributed by atoms with van der Waals surface area (Å²) in [5.41, 5.74) is 3.34. The monoisotopic (exact) mass is 448 g/mol. The van der Waals surface area contributed by atoms with Crippen molar-refractivity contribution in [3.05, 3.63) is 51.1 Å². The van der Waals surface area contributed by atoms with E-state index in [0.29, 0.717) is 27.9 Å². The molecule has 3 rings (SSSR count). The van der Waals surface area contributed by atoms with E-state index in [9.17, 15) is 9.59 Å². The van der Waals surface area contributed by atoms with Crippen LogP contribution in [0.1, 0.15) is 35.0 Å². The molecule has 1 fully saturated rings. The summed E-state index contributed by atoms with van der Waals surface area (Å²) < 4.78 is 11.4. The number of unbranched alkanes of at least 4 members (excludes halogenated alkanes) is 1. The minimum Gasteiger partial charge on any atom is -0.493 e. The third-order valence-electron chi connectivity index (χ3n) is 3.99. The Kier molecular flexibility index (Phi) is 7.29. The number of hydrogen-bond acceptors (Lipinski definition) is 7. The van der Waals surface area contributed by atoms with Crippen LogP contribution in [0.15, 0.2) is 40.6 Å². The molecule has 2 aromatic rings. The first kappa shape index (κ1) is 21.4. The minimum absolute atomic E-state index is 0.276. The van der Waals surface area contributed by atoms with Gasteiger partial charge in [-0.05, 0) is 53.9 Å². The summed E-state index contributed by atoms with van der Waals surface area (Å²) in [5.74, 6) is 0.519. The molecule has 1 aliphatic heterocycles. The molecule has 29 heavy (non-hydrogen) atoms. The van der Waals surface area contributed by atoms with Crippen molar-refractivity contribution < 1.29 is 19.1 Å². The fraction of sp³-hybridized carbons (Fsp3) is 0.250. The van der Waals surface area contributed by atoms with Gasteiger partial charge in [-0.1, -0.05) is 37.2 Å². The van der Waals surface area contributed by atoms with E-state index < -0.39 is 0 Å². The molecular formula is C20H20N2O4S3. The van der Waals surface area contributed by atoms with Crippen LogP contribution >= 0.6 is 35.3 Å². The van der Waals surface area contributed by atoms with Crippen LogP contribution in [0.3, 0.4) is 0 Å². The van der Waals surface area contributed by atoms with Gasteiger partial charge in [0.1, 0.15) is 0 Å². The highest BCUT2D eigenvalue weighted by atomic mass is 32.2. The van der Waals surface area contributed by atoms with Crippen LogP contribution in [0.2, 0.25) is 0 Å². The second-order valence-electron chi connectivity index (χ2n) is 6.05. The van der Waals surface area contributed by atoms with Gasteiger partial charge in [-0.2, -0.15) is 5.01 Å². The quantitative estimate of drug-likeness (QED) is 0.365. The molecule has 1 aromatic heterocycles. The van der Waals surface area contributed by atoms with Crippen LogP contribution in [0.25, 0.3) is 6.08 Å². The molecule has 0 spiro atoms. The SMILES string of the molecule is CCCCOc1ccc(/C=C2\SC(=S)N(NC(=O)c3cccs3)C2=O)cc1OC. The number of amides is 2. The topological polar surface area (TPSA) is 67.9 Å². The van der Waals surface area contributed by atoms with Gasteiger partial charge in [-0.25, -0.2) is 0 Å². The van der Waals surface area contributed by atoms with Crippen molar-refractivity contribution in [1.29, 1.82) is 0 Å². The van der Waals surface area contributed by atoms with Gasteiger partial charge in [0.2, 0.25) is 0 Å². The first-order valence-corrected chi connectivity index (χ1v) is 11.1. The van der Waals surface area contributed by atoms with E-state index in [1.165, 1.54) is 11.3 Å². The number of ether oxygens (including phenoxy) is 2. The van der Waals surface area contributed by atoms with E-state index in [1.807, 2.05) is 12.1 Å². The third kappa shape index (κ3) is 5.17. The summed E-state index contributed by atoms with van der Waals surface area (Å²) in [5, 5.41) is 2.90. The summed E-state index contributed by atoms with van der Waals surface area (Å²) in [4.78, 5) is 25.9. The number of hydrogen-bond donors (Lipinski definition) is 1. The summed E-state index contributed by atoms with van der Waals surface area (Å²) in [7, 11) is 1.57. The lowest BCUT2D eigenvalue weighted by Gasteiger charge is -2.14. The number of nitrogens with one attached hydrogen (secondary N) is 1. The average Bonchev–Trinajstić information content (AvgIpc) is 3.34. The molecule has 1 aliphatic rings. The zero-order valence-electron chi connectivity index (χ0n) is 16.0. The Balaban J connectivity index is 1.74. The molecule has 152 valence electrons. The maximum atomic E-state index is 12.7. The van der Waals surface area contributed by atoms with Gasteiger partial charge >= 0.3 is 0 Å². The molecule has 2 amide bonds. The van der Waals surface area contributed by atoms with Crippen molar-refractivity contribution in [2.45, 2.75) is 19.8 Å². The molecule has 0 radical (unpaired) electrons. The summed E-state index contributed by atoms with van der Waals surface area (Å²) in [6.07, 6.45) is 3.73. The highest BCUT2D eigenvalue weighted by Gasteiger charge is 2.34. The van der Waals surface area contributed by atoms with Crippen molar-refractivity contribution in [3.63, 3.8) is 0 Å². The molecule has 2 heterocycles. The predicted octanol–water partition coefficient (Wildman–Crippen LogP) is 4.48. The van der Waals surface area contributed by atoms with Gasteiger partial charge in [-0.3, -0.25) is 15.0 Å². The summed E-state index contributed by atoms with van der Waals surface area (Å²) in [6, 6.07) is 8.93. The highest BCUT2D eigenvalue weighted by molar-refractivity contribution is 8.26. The number of carbonyl (C=O) groups is 2. The van der Waals surface area contributed by atoms with Crippen LogP contribution in [-0.4, -0.2) is 34.9 Å². The van der Waals surface area contributed by atoms with Crippen LogP contribution in [0.5, 0.6) is 11.5 Å². The van der Waals surface area contributed by atoms with E-state index in [4.69, 9.17) is 21.7 Å². The molecule has 9 heteroatoms. The normalized spacial score (nSPS) is 15.1. The second kappa shape index (κ2) is 9.91. The molecule has 6 nitrogen and oxygen atoms in total. The van der Waals surface area contributed by atoms with Gasteiger partial charge in [0.15, 0.2) is 15.8 Å². The molecule has 0 atom stereocenters. The Bertz CT molecular complexity index is 941. The van der Waals surface area contributed by atoms with E-state index in [0.717, 1.165) is 35.2 Å². The first-order chi connectivity index (χ1) is 14.0. The van der Waals surface area contributed by atoms with Crippen molar-refractivity contribution in [1.82, 2.24) is 10.4 Å². The number of benzene rings is 1. The van der Waals surface area contributed by atoms with Gasteiger partial charge in [-0.15, -0.1) is 11.3 Å². The summed E-state index contributed by atoms with van der Waals surface area (Å²) in [6.45, 7) is 2.72. The molecule has 0 saturated carbocycles. The predicted molar refractivity (Wildman–Crippen MR) is 120 cm³/mol. The largest absolute Gasteiger partial charge is 0.493 e. The molecule has 1 N–H and O–H groups in total. The lowest BCUT2D eigenvalue weighted by Crippen LogP contribution is -2.44. The Morgan fingerprint density at radius 2 is 2.14 bits per heavy atom. The molecule has 0 bridgehead atoms. The fourth-order valence-corrected chi connectivity index (χ4v) is 4.29. The maximum absolute atomic E-state index is 12.7. The maximum Gasteiger partial charge on any atom is 0.285 e. The lowest BCUT2D eigenvalue weighted by molar-refractivity contribution is -0.123. The van der Waals surface area contributed by atoms with Gasteiger partial charge in [0.05, 0.1) is 23.5 Å². The number of nitrogens with zero attached hydrogens (tertiary/aromatic N) is 1. The standard InChI is InChI=1S/C20H20N2O4S3/c1-3-4-9-26-14-8-7-13(11-15(14)25-2)12-17-19(24)22(20(27)29-17)21-18(23)16-6-5-10-28-16/h5-8,10-12H,3-4,9H2,1-2H3,(H,21,23)/b17-12-. The van der Waals surface area contributed by atoms with E-state index in [1.54, 1.807) is 36.8 Å². The smallest absolute Gasteiger partial charge is 0.285 e. The number of thiophene rings is 1. The number of methoxy groups -OCH3 is 1. The average molecular weight is 449 g/mol. The van der Waals surface area contributed by atoms with Gasteiger partial charge in [0.25, 0.3) is 11.8 Å². The van der Waals surface area contributed by atoms with Crippen LogP contribution < -0.4 is 14.9 Å².